The van der Waals surface area contributed by atoms with Crippen LogP contribution >= 0.6 is 0 Å². The van der Waals surface area contributed by atoms with Crippen LogP contribution in [0.15, 0.2) is 5.11 Å². The molecule has 0 saturated heterocycles. The average molecular weight is 260 g/mol. The average Bonchev–Trinajstić information content (AvgIpc) is 2.25. The topological polar surface area (TPSA) is 96.8 Å². The van der Waals surface area contributed by atoms with Crippen LogP contribution in [0, 0.1) is 0 Å². The summed E-state index contributed by atoms with van der Waals surface area (Å²) in [6.07, 6.45) is -0.559. The molecule has 0 bridgehead atoms. The van der Waals surface area contributed by atoms with E-state index in [0.717, 1.165) is 5.06 Å². The first kappa shape index (κ1) is 16.5. The molecule has 18 heavy (non-hydrogen) atoms. The number of hydrogen-bond donors (Lipinski definition) is 0. The number of carbonyl (C=O) groups is 1. The fourth-order valence-corrected chi connectivity index (χ4v) is 0.864. The summed E-state index contributed by atoms with van der Waals surface area (Å²) < 4.78 is 10.2. The van der Waals surface area contributed by atoms with Crippen molar-refractivity contribution in [3.8, 4) is 0 Å². The Hall–Kier alpha value is -1.50. The SMILES string of the molecule is CN(OCCOCCN=[N+]=[N-])C(=O)OC(C)(C)C. The van der Waals surface area contributed by atoms with E-state index in [-0.39, 0.29) is 13.2 Å². The van der Waals surface area contributed by atoms with E-state index >= 15 is 0 Å². The Bertz CT molecular complexity index is 297. The maximum atomic E-state index is 11.4. The molecule has 0 aromatic carbocycles. The lowest BCUT2D eigenvalue weighted by Gasteiger charge is -2.23. The van der Waals surface area contributed by atoms with E-state index in [2.05, 4.69) is 10.0 Å². The molecule has 0 unspecified atom stereocenters. The molecule has 0 fully saturated rings. The fourth-order valence-electron chi connectivity index (χ4n) is 0.864. The van der Waals surface area contributed by atoms with Gasteiger partial charge >= 0.3 is 6.09 Å². The molecule has 0 saturated carbocycles. The van der Waals surface area contributed by atoms with Crippen LogP contribution in [0.1, 0.15) is 20.8 Å². The molecule has 0 N–H and O–H groups in total. The lowest BCUT2D eigenvalue weighted by molar-refractivity contribution is -0.141. The van der Waals surface area contributed by atoms with E-state index in [4.69, 9.17) is 19.8 Å². The summed E-state index contributed by atoms with van der Waals surface area (Å²) >= 11 is 0. The number of ether oxygens (including phenoxy) is 2. The number of carbonyl (C=O) groups excluding carboxylic acids is 1. The van der Waals surface area contributed by atoms with Crippen LogP contribution in [0.25, 0.3) is 10.4 Å². The summed E-state index contributed by atoms with van der Waals surface area (Å²) in [5.41, 5.74) is 7.46. The Labute approximate surface area is 106 Å². The van der Waals surface area contributed by atoms with E-state index in [1.165, 1.54) is 7.05 Å². The number of nitrogens with zero attached hydrogens (tertiary/aromatic N) is 4. The molecule has 104 valence electrons. The molecule has 0 rings (SSSR count). The van der Waals surface area contributed by atoms with Crippen molar-refractivity contribution in [2.24, 2.45) is 5.11 Å². The van der Waals surface area contributed by atoms with Gasteiger partial charge in [-0.25, -0.2) is 4.79 Å². The number of rotatable bonds is 7. The van der Waals surface area contributed by atoms with Gasteiger partial charge in [0, 0.05) is 18.5 Å². The van der Waals surface area contributed by atoms with Crippen LogP contribution in [0.3, 0.4) is 0 Å². The van der Waals surface area contributed by atoms with Gasteiger partial charge in [0.1, 0.15) is 5.60 Å². The Balaban J connectivity index is 3.61. The molecule has 0 radical (unpaired) electrons. The molecular weight excluding hydrogens is 240 g/mol. The Kier molecular flexibility index (Phi) is 7.86. The van der Waals surface area contributed by atoms with Gasteiger partial charge in [-0.05, 0) is 26.3 Å². The van der Waals surface area contributed by atoms with Gasteiger partial charge in [0.25, 0.3) is 0 Å². The molecule has 0 aliphatic carbocycles. The largest absolute Gasteiger partial charge is 0.442 e. The first-order valence-corrected chi connectivity index (χ1v) is 5.55. The third-order valence-corrected chi connectivity index (χ3v) is 1.56. The summed E-state index contributed by atoms with van der Waals surface area (Å²) in [6, 6.07) is 0. The molecule has 1 amide bonds. The first-order valence-electron chi connectivity index (χ1n) is 5.55. The zero-order valence-corrected chi connectivity index (χ0v) is 11.3. The van der Waals surface area contributed by atoms with Gasteiger partial charge in [0.15, 0.2) is 0 Å². The summed E-state index contributed by atoms with van der Waals surface area (Å²) in [5, 5.41) is 4.32. The third kappa shape index (κ3) is 9.71. The van der Waals surface area contributed by atoms with Crippen molar-refractivity contribution >= 4 is 6.09 Å². The third-order valence-electron chi connectivity index (χ3n) is 1.56. The zero-order valence-electron chi connectivity index (χ0n) is 11.3. The fraction of sp³-hybridized carbons (Fsp3) is 0.900. The van der Waals surface area contributed by atoms with Crippen LogP contribution in [0.2, 0.25) is 0 Å². The minimum absolute atomic E-state index is 0.214. The maximum absolute atomic E-state index is 11.4. The molecular formula is C10H20N4O4. The van der Waals surface area contributed by atoms with Gasteiger partial charge in [-0.3, -0.25) is 4.84 Å². The van der Waals surface area contributed by atoms with E-state index in [1.807, 2.05) is 0 Å². The van der Waals surface area contributed by atoms with Crippen molar-refractivity contribution in [2.75, 3.05) is 33.4 Å². The maximum Gasteiger partial charge on any atom is 0.434 e. The number of hydrogen-bond acceptors (Lipinski definition) is 5. The Morgan fingerprint density at radius 2 is 2.00 bits per heavy atom. The molecule has 0 aromatic heterocycles. The molecule has 0 aliphatic heterocycles. The highest BCUT2D eigenvalue weighted by Crippen LogP contribution is 2.08. The van der Waals surface area contributed by atoms with Crippen LogP contribution in [0.4, 0.5) is 4.79 Å². The second-order valence-corrected chi connectivity index (χ2v) is 4.38. The normalized spacial score (nSPS) is 10.7. The predicted octanol–water partition coefficient (Wildman–Crippen LogP) is 2.11. The Morgan fingerprint density at radius 1 is 1.33 bits per heavy atom. The highest BCUT2D eigenvalue weighted by Gasteiger charge is 2.19. The minimum Gasteiger partial charge on any atom is -0.442 e. The quantitative estimate of drug-likeness (QED) is 0.230. The zero-order chi connectivity index (χ0) is 14.0. The standard InChI is InChI=1S/C10H20N4O4/c1-10(2,3)18-9(15)14(4)17-8-7-16-6-5-12-13-11/h5-8H2,1-4H3. The van der Waals surface area contributed by atoms with Crippen LogP contribution in [0.5, 0.6) is 0 Å². The number of azide groups is 1. The van der Waals surface area contributed by atoms with Crippen molar-refractivity contribution < 1.29 is 19.1 Å². The van der Waals surface area contributed by atoms with Crippen molar-refractivity contribution in [2.45, 2.75) is 26.4 Å². The smallest absolute Gasteiger partial charge is 0.434 e. The summed E-state index contributed by atoms with van der Waals surface area (Å²) in [6.45, 7) is 6.44. The lowest BCUT2D eigenvalue weighted by Crippen LogP contribution is -2.35. The van der Waals surface area contributed by atoms with Gasteiger partial charge in [-0.1, -0.05) is 5.11 Å². The van der Waals surface area contributed by atoms with Crippen LogP contribution in [-0.4, -0.2) is 50.2 Å². The van der Waals surface area contributed by atoms with Gasteiger partial charge in [-0.2, -0.15) is 5.06 Å². The molecule has 8 heteroatoms. The highest BCUT2D eigenvalue weighted by atomic mass is 16.7. The van der Waals surface area contributed by atoms with E-state index in [9.17, 15) is 4.79 Å². The monoisotopic (exact) mass is 260 g/mol. The summed E-state index contributed by atoms with van der Waals surface area (Å²) in [7, 11) is 1.47. The van der Waals surface area contributed by atoms with Crippen LogP contribution < -0.4 is 0 Å². The van der Waals surface area contributed by atoms with E-state index in [0.29, 0.717) is 13.2 Å². The minimum atomic E-state index is -0.559. The van der Waals surface area contributed by atoms with E-state index < -0.39 is 11.7 Å². The van der Waals surface area contributed by atoms with Gasteiger partial charge < -0.3 is 9.47 Å². The van der Waals surface area contributed by atoms with Crippen molar-refractivity contribution in [3.05, 3.63) is 10.4 Å². The number of amides is 1. The lowest BCUT2D eigenvalue weighted by atomic mass is 10.2. The van der Waals surface area contributed by atoms with Gasteiger partial charge in [0.2, 0.25) is 0 Å². The first-order chi connectivity index (χ1) is 8.37. The molecule has 0 spiro atoms. The van der Waals surface area contributed by atoms with Crippen molar-refractivity contribution in [3.63, 3.8) is 0 Å². The molecule has 8 nitrogen and oxygen atoms in total. The summed E-state index contributed by atoms with van der Waals surface area (Å²) in [4.78, 5) is 19.1. The van der Waals surface area contributed by atoms with Gasteiger partial charge in [0.05, 0.1) is 19.8 Å². The molecule has 0 aromatic rings. The molecule has 0 aliphatic rings. The Morgan fingerprint density at radius 3 is 2.56 bits per heavy atom. The predicted molar refractivity (Wildman–Crippen MR) is 64.8 cm³/mol. The second kappa shape index (κ2) is 8.57. The second-order valence-electron chi connectivity index (χ2n) is 4.38. The highest BCUT2D eigenvalue weighted by molar-refractivity contribution is 5.66. The van der Waals surface area contributed by atoms with Crippen LogP contribution in [-0.2, 0) is 14.3 Å². The van der Waals surface area contributed by atoms with Crippen molar-refractivity contribution in [1.29, 1.82) is 0 Å². The van der Waals surface area contributed by atoms with E-state index in [1.54, 1.807) is 20.8 Å². The van der Waals surface area contributed by atoms with Crippen molar-refractivity contribution in [1.82, 2.24) is 5.06 Å². The molecule has 0 heterocycles. The molecule has 0 atom stereocenters. The number of hydroxylamine groups is 2. The summed E-state index contributed by atoms with van der Waals surface area (Å²) in [5.74, 6) is 0. The van der Waals surface area contributed by atoms with Gasteiger partial charge in [-0.15, -0.1) is 0 Å².